The molecule has 0 bridgehead atoms. The Hall–Kier alpha value is -1.85. The van der Waals surface area contributed by atoms with Crippen molar-refractivity contribution in [3.05, 3.63) is 70.3 Å². The second kappa shape index (κ2) is 7.18. The first-order chi connectivity index (χ1) is 11.9. The summed E-state index contributed by atoms with van der Waals surface area (Å²) in [5.74, 6) is 0. The van der Waals surface area contributed by atoms with Crippen LogP contribution in [0.3, 0.4) is 0 Å². The second-order valence-electron chi connectivity index (χ2n) is 6.67. The molecule has 1 aliphatic rings. The number of hydrogen-bond donors (Lipinski definition) is 1. The van der Waals surface area contributed by atoms with Crippen molar-refractivity contribution >= 4 is 0 Å². The molecule has 1 atom stereocenters. The van der Waals surface area contributed by atoms with E-state index in [-0.39, 0.29) is 6.04 Å². The largest absolute Gasteiger partial charge is 0.416 e. The molecule has 0 spiro atoms. The summed E-state index contributed by atoms with van der Waals surface area (Å²) >= 11 is 0. The molecule has 2 nitrogen and oxygen atoms in total. The summed E-state index contributed by atoms with van der Waals surface area (Å²) in [6, 6.07) is 11.8. The fraction of sp³-hybridized carbons (Fsp3) is 0.400. The van der Waals surface area contributed by atoms with Crippen LogP contribution in [0.2, 0.25) is 0 Å². The van der Waals surface area contributed by atoms with E-state index in [1.54, 1.807) is 0 Å². The van der Waals surface area contributed by atoms with Crippen molar-refractivity contribution in [2.45, 2.75) is 26.1 Å². The van der Waals surface area contributed by atoms with Crippen LogP contribution in [0.1, 0.15) is 33.9 Å². The lowest BCUT2D eigenvalue weighted by atomic mass is 9.91. The molecule has 2 aromatic rings. The Morgan fingerprint density at radius 2 is 1.72 bits per heavy atom. The Morgan fingerprint density at radius 1 is 1.00 bits per heavy atom. The number of alkyl halides is 3. The van der Waals surface area contributed by atoms with Crippen LogP contribution in [0.15, 0.2) is 42.5 Å². The van der Waals surface area contributed by atoms with Gasteiger partial charge in [0.1, 0.15) is 0 Å². The van der Waals surface area contributed by atoms with Crippen molar-refractivity contribution in [3.63, 3.8) is 0 Å². The fourth-order valence-electron chi connectivity index (χ4n) is 3.47. The van der Waals surface area contributed by atoms with Crippen LogP contribution in [0.25, 0.3) is 0 Å². The maximum Gasteiger partial charge on any atom is 0.416 e. The highest BCUT2D eigenvalue weighted by Gasteiger charge is 2.32. The first kappa shape index (κ1) is 18.0. The topological polar surface area (TPSA) is 15.3 Å². The molecule has 0 radical (unpaired) electrons. The number of rotatable bonds is 3. The minimum Gasteiger partial charge on any atom is -0.314 e. The standard InChI is InChI=1S/C20H23F3N2/c1-14-6-7-15(2)18(12-14)19(25-10-8-24-9-11-25)16-4-3-5-17(13-16)20(21,22)23/h3-7,12-13,19,24H,8-11H2,1-2H3. The monoisotopic (exact) mass is 348 g/mol. The predicted octanol–water partition coefficient (Wildman–Crippen LogP) is 4.32. The van der Waals surface area contributed by atoms with Crippen LogP contribution < -0.4 is 5.32 Å². The van der Waals surface area contributed by atoms with Crippen LogP contribution in [0.5, 0.6) is 0 Å². The molecule has 1 aliphatic heterocycles. The molecule has 1 N–H and O–H groups in total. The van der Waals surface area contributed by atoms with Gasteiger partial charge in [-0.15, -0.1) is 0 Å². The van der Waals surface area contributed by atoms with E-state index in [1.165, 1.54) is 12.1 Å². The predicted molar refractivity (Wildman–Crippen MR) is 93.6 cm³/mol. The van der Waals surface area contributed by atoms with Gasteiger partial charge < -0.3 is 5.32 Å². The molecule has 1 heterocycles. The Morgan fingerprint density at radius 3 is 2.40 bits per heavy atom. The van der Waals surface area contributed by atoms with Crippen LogP contribution in [0.4, 0.5) is 13.2 Å². The van der Waals surface area contributed by atoms with Gasteiger partial charge in [0.05, 0.1) is 11.6 Å². The van der Waals surface area contributed by atoms with Crippen LogP contribution in [0, 0.1) is 13.8 Å². The third kappa shape index (κ3) is 4.05. The number of nitrogens with zero attached hydrogens (tertiary/aromatic N) is 1. The zero-order valence-electron chi connectivity index (χ0n) is 14.5. The number of piperazine rings is 1. The van der Waals surface area contributed by atoms with Crippen LogP contribution in [-0.4, -0.2) is 31.1 Å². The van der Waals surface area contributed by atoms with Crippen molar-refractivity contribution in [3.8, 4) is 0 Å². The lowest BCUT2D eigenvalue weighted by Crippen LogP contribution is -2.45. The normalized spacial score (nSPS) is 17.5. The van der Waals surface area contributed by atoms with Crippen LogP contribution >= 0.6 is 0 Å². The third-order valence-electron chi connectivity index (χ3n) is 4.78. The van der Waals surface area contributed by atoms with Crippen molar-refractivity contribution in [1.29, 1.82) is 0 Å². The summed E-state index contributed by atoms with van der Waals surface area (Å²) < 4.78 is 39.6. The highest BCUT2D eigenvalue weighted by atomic mass is 19.4. The first-order valence-electron chi connectivity index (χ1n) is 8.55. The number of nitrogens with one attached hydrogen (secondary N) is 1. The van der Waals surface area contributed by atoms with Gasteiger partial charge in [-0.3, -0.25) is 4.90 Å². The molecule has 0 amide bonds. The van der Waals surface area contributed by atoms with Gasteiger partial charge in [0.15, 0.2) is 0 Å². The van der Waals surface area contributed by atoms with Gasteiger partial charge in [-0.2, -0.15) is 13.2 Å². The molecule has 0 saturated carbocycles. The number of benzene rings is 2. The molecule has 1 fully saturated rings. The van der Waals surface area contributed by atoms with Crippen molar-refractivity contribution in [1.82, 2.24) is 10.2 Å². The lowest BCUT2D eigenvalue weighted by molar-refractivity contribution is -0.137. The summed E-state index contributed by atoms with van der Waals surface area (Å²) in [7, 11) is 0. The molecule has 2 aromatic carbocycles. The van der Waals surface area contributed by atoms with E-state index in [0.29, 0.717) is 5.56 Å². The Labute approximate surface area is 146 Å². The van der Waals surface area contributed by atoms with E-state index in [4.69, 9.17) is 0 Å². The molecule has 0 aliphatic carbocycles. The van der Waals surface area contributed by atoms with Crippen LogP contribution in [-0.2, 0) is 6.18 Å². The summed E-state index contributed by atoms with van der Waals surface area (Å²) in [5.41, 5.74) is 3.42. The average Bonchev–Trinajstić information content (AvgIpc) is 2.59. The lowest BCUT2D eigenvalue weighted by Gasteiger charge is -2.36. The molecular formula is C20H23F3N2. The molecule has 1 saturated heterocycles. The van der Waals surface area contributed by atoms with Crippen molar-refractivity contribution < 1.29 is 13.2 Å². The molecule has 134 valence electrons. The van der Waals surface area contributed by atoms with Gasteiger partial charge >= 0.3 is 6.18 Å². The van der Waals surface area contributed by atoms with Gasteiger partial charge in [0.25, 0.3) is 0 Å². The van der Waals surface area contributed by atoms with E-state index in [1.807, 2.05) is 32.0 Å². The number of hydrogen-bond acceptors (Lipinski definition) is 2. The molecule has 3 rings (SSSR count). The summed E-state index contributed by atoms with van der Waals surface area (Å²) in [6.07, 6.45) is -4.33. The Kier molecular flexibility index (Phi) is 5.16. The number of halogens is 3. The van der Waals surface area contributed by atoms with E-state index in [9.17, 15) is 13.2 Å². The maximum atomic E-state index is 13.2. The van der Waals surface area contributed by atoms with E-state index in [2.05, 4.69) is 16.3 Å². The van der Waals surface area contributed by atoms with Crippen molar-refractivity contribution in [2.24, 2.45) is 0 Å². The highest BCUT2D eigenvalue weighted by Crippen LogP contribution is 2.35. The molecular weight excluding hydrogens is 325 g/mol. The smallest absolute Gasteiger partial charge is 0.314 e. The van der Waals surface area contributed by atoms with Gasteiger partial charge in [-0.1, -0.05) is 35.9 Å². The maximum absolute atomic E-state index is 13.2. The number of aryl methyl sites for hydroxylation is 2. The minimum absolute atomic E-state index is 0.163. The molecule has 25 heavy (non-hydrogen) atoms. The second-order valence-corrected chi connectivity index (χ2v) is 6.67. The van der Waals surface area contributed by atoms with E-state index >= 15 is 0 Å². The van der Waals surface area contributed by atoms with E-state index in [0.717, 1.165) is 48.9 Å². The quantitative estimate of drug-likeness (QED) is 0.889. The zero-order valence-corrected chi connectivity index (χ0v) is 14.5. The summed E-state index contributed by atoms with van der Waals surface area (Å²) in [5, 5.41) is 3.31. The molecule has 0 aromatic heterocycles. The SMILES string of the molecule is Cc1ccc(C)c(C(c2cccc(C(F)(F)F)c2)N2CCNCC2)c1. The van der Waals surface area contributed by atoms with E-state index < -0.39 is 11.7 Å². The van der Waals surface area contributed by atoms with Gasteiger partial charge in [-0.25, -0.2) is 0 Å². The summed E-state index contributed by atoms with van der Waals surface area (Å²) in [6.45, 7) is 7.37. The van der Waals surface area contributed by atoms with Gasteiger partial charge in [0, 0.05) is 26.2 Å². The van der Waals surface area contributed by atoms with Gasteiger partial charge in [-0.05, 0) is 42.7 Å². The summed E-state index contributed by atoms with van der Waals surface area (Å²) in [4.78, 5) is 2.27. The molecule has 1 unspecified atom stereocenters. The first-order valence-corrected chi connectivity index (χ1v) is 8.55. The Balaban J connectivity index is 2.09. The third-order valence-corrected chi connectivity index (χ3v) is 4.78. The van der Waals surface area contributed by atoms with Crippen molar-refractivity contribution in [2.75, 3.05) is 26.2 Å². The highest BCUT2D eigenvalue weighted by molar-refractivity contribution is 5.41. The zero-order chi connectivity index (χ0) is 18.0. The van der Waals surface area contributed by atoms with Gasteiger partial charge in [0.2, 0.25) is 0 Å². The average molecular weight is 348 g/mol. The molecule has 5 heteroatoms. The Bertz CT molecular complexity index is 734. The fourth-order valence-corrected chi connectivity index (χ4v) is 3.47. The minimum atomic E-state index is -4.33.